The molecule has 0 aliphatic carbocycles. The average Bonchev–Trinajstić information content (AvgIpc) is 2.88. The van der Waals surface area contributed by atoms with Crippen LogP contribution in [-0.4, -0.2) is 26.7 Å². The van der Waals surface area contributed by atoms with Crippen molar-refractivity contribution >= 4 is 33.1 Å². The number of hydrogen-bond acceptors (Lipinski definition) is 4. The third-order valence-electron chi connectivity index (χ3n) is 5.00. The summed E-state index contributed by atoms with van der Waals surface area (Å²) in [4.78, 5) is 14.7. The van der Waals surface area contributed by atoms with E-state index in [0.717, 1.165) is 31.4 Å². The van der Waals surface area contributed by atoms with Crippen LogP contribution in [0.25, 0.3) is 0 Å². The minimum Gasteiger partial charge on any atom is -0.328 e. The maximum atomic E-state index is 12.7. The molecule has 27 heavy (non-hydrogen) atoms. The number of anilines is 2. The molecule has 140 valence electrons. The molecule has 1 saturated heterocycles. The summed E-state index contributed by atoms with van der Waals surface area (Å²) < 4.78 is 29.4. The first kappa shape index (κ1) is 17.7. The van der Waals surface area contributed by atoms with Crippen molar-refractivity contribution < 1.29 is 13.2 Å². The van der Waals surface area contributed by atoms with E-state index >= 15 is 0 Å². The maximum absolute atomic E-state index is 12.7. The molecule has 1 fully saturated rings. The molecule has 0 spiro atoms. The normalized spacial score (nSPS) is 18.0. The van der Waals surface area contributed by atoms with Crippen LogP contribution in [-0.2, 0) is 10.0 Å². The van der Waals surface area contributed by atoms with Gasteiger partial charge in [-0.3, -0.25) is 4.79 Å². The highest BCUT2D eigenvalue weighted by atomic mass is 32.2. The highest BCUT2D eigenvalue weighted by Gasteiger charge is 2.32. The van der Waals surface area contributed by atoms with E-state index in [2.05, 4.69) is 9.71 Å². The van der Waals surface area contributed by atoms with Crippen LogP contribution in [0, 0.1) is 6.92 Å². The zero-order valence-electron chi connectivity index (χ0n) is 15.1. The Hall–Kier alpha value is -2.67. The van der Waals surface area contributed by atoms with Crippen LogP contribution in [0.4, 0.5) is 11.4 Å². The lowest BCUT2D eigenvalue weighted by molar-refractivity contribution is 0.102. The third kappa shape index (κ3) is 3.35. The number of fused-ring (bicyclic) bond motifs is 3. The van der Waals surface area contributed by atoms with E-state index in [1.807, 2.05) is 36.1 Å². The van der Waals surface area contributed by atoms with Gasteiger partial charge in [-0.05, 0) is 49.6 Å². The number of aryl methyl sites for hydroxylation is 1. The van der Waals surface area contributed by atoms with Crippen molar-refractivity contribution in [3.8, 4) is 0 Å². The number of sulfonamides is 1. The highest BCUT2D eigenvalue weighted by molar-refractivity contribution is 7.90. The van der Waals surface area contributed by atoms with Crippen LogP contribution >= 0.6 is 0 Å². The quantitative estimate of drug-likeness (QED) is 0.857. The maximum Gasteiger partial charge on any atom is 0.286 e. The minimum absolute atomic E-state index is 0.102. The fourth-order valence-corrected chi connectivity index (χ4v) is 4.81. The summed E-state index contributed by atoms with van der Waals surface area (Å²) >= 11 is 0. The van der Waals surface area contributed by atoms with E-state index in [-0.39, 0.29) is 10.8 Å². The molecule has 0 radical (unpaired) electrons. The van der Waals surface area contributed by atoms with E-state index < -0.39 is 10.0 Å². The number of rotatable bonds is 2. The van der Waals surface area contributed by atoms with Crippen molar-refractivity contribution in [2.75, 3.05) is 16.8 Å². The van der Waals surface area contributed by atoms with E-state index in [9.17, 15) is 13.2 Å². The second-order valence-corrected chi connectivity index (χ2v) is 8.47. The fourth-order valence-electron chi connectivity index (χ4n) is 3.53. The molecule has 2 aliphatic heterocycles. The predicted molar refractivity (Wildman–Crippen MR) is 106 cm³/mol. The summed E-state index contributed by atoms with van der Waals surface area (Å²) in [6.07, 6.45) is 3.65. The number of carbonyl (C=O) groups excluding carboxylic acids is 1. The van der Waals surface area contributed by atoms with Gasteiger partial charge in [-0.25, -0.2) is 0 Å². The topological polar surface area (TPSA) is 78.8 Å². The smallest absolute Gasteiger partial charge is 0.286 e. The second-order valence-electron chi connectivity index (χ2n) is 6.90. The van der Waals surface area contributed by atoms with E-state index in [0.29, 0.717) is 29.2 Å². The van der Waals surface area contributed by atoms with Gasteiger partial charge < -0.3 is 10.2 Å². The molecule has 0 aromatic heterocycles. The van der Waals surface area contributed by atoms with Gasteiger partial charge in [0.1, 0.15) is 10.7 Å². The molecular weight excluding hydrogens is 362 g/mol. The Morgan fingerprint density at radius 2 is 1.93 bits per heavy atom. The summed E-state index contributed by atoms with van der Waals surface area (Å²) in [5.74, 6) is 0.269. The molecule has 0 unspecified atom stereocenters. The van der Waals surface area contributed by atoms with Crippen LogP contribution in [0.3, 0.4) is 0 Å². The largest absolute Gasteiger partial charge is 0.328 e. The first-order valence-electron chi connectivity index (χ1n) is 9.08. The van der Waals surface area contributed by atoms with Gasteiger partial charge in [-0.2, -0.15) is 8.42 Å². The monoisotopic (exact) mass is 383 g/mol. The minimum atomic E-state index is -3.80. The van der Waals surface area contributed by atoms with Crippen LogP contribution in [0.1, 0.15) is 41.6 Å². The fraction of sp³-hybridized carbons (Fsp3) is 0.300. The third-order valence-corrected chi connectivity index (χ3v) is 6.34. The number of amides is 1. The molecule has 2 aliphatic rings. The number of amidine groups is 1. The summed E-state index contributed by atoms with van der Waals surface area (Å²) in [5, 5.41) is 2.84. The van der Waals surface area contributed by atoms with Crippen molar-refractivity contribution in [1.29, 1.82) is 0 Å². The molecule has 0 bridgehead atoms. The van der Waals surface area contributed by atoms with Crippen LogP contribution < -0.4 is 10.2 Å². The van der Waals surface area contributed by atoms with Crippen LogP contribution in [0.2, 0.25) is 0 Å². The molecular formula is C20H21N3O3S. The Balaban J connectivity index is 1.70. The average molecular weight is 383 g/mol. The van der Waals surface area contributed by atoms with Gasteiger partial charge in [0.15, 0.2) is 0 Å². The lowest BCUT2D eigenvalue weighted by atomic mass is 10.1. The molecule has 7 heteroatoms. The van der Waals surface area contributed by atoms with E-state index in [4.69, 9.17) is 0 Å². The van der Waals surface area contributed by atoms with Gasteiger partial charge >= 0.3 is 0 Å². The van der Waals surface area contributed by atoms with Gasteiger partial charge in [0, 0.05) is 24.2 Å². The Kier molecular flexibility index (Phi) is 4.47. The molecule has 0 saturated carbocycles. The Morgan fingerprint density at radius 1 is 1.11 bits per heavy atom. The van der Waals surface area contributed by atoms with Gasteiger partial charge in [0.05, 0.1) is 5.69 Å². The summed E-state index contributed by atoms with van der Waals surface area (Å²) in [6, 6.07) is 12.3. The molecule has 1 N–H and O–H groups in total. The molecule has 4 rings (SSSR count). The molecule has 2 heterocycles. The molecule has 6 nitrogen and oxygen atoms in total. The highest BCUT2D eigenvalue weighted by Crippen LogP contribution is 2.35. The van der Waals surface area contributed by atoms with Crippen molar-refractivity contribution in [2.24, 2.45) is 4.40 Å². The molecule has 2 aromatic carbocycles. The van der Waals surface area contributed by atoms with Crippen molar-refractivity contribution in [1.82, 2.24) is 0 Å². The molecule has 1 amide bonds. The number of para-hydroxylation sites is 1. The lowest BCUT2D eigenvalue weighted by Crippen LogP contribution is -2.35. The van der Waals surface area contributed by atoms with Crippen molar-refractivity contribution in [3.05, 3.63) is 53.6 Å². The number of carbonyl (C=O) groups is 1. The second kappa shape index (κ2) is 6.81. The SMILES string of the molecule is Cc1ccccc1NC(=O)c1ccc2c(c1)S(=O)(=O)N=C1CCCCCN12. The van der Waals surface area contributed by atoms with Gasteiger partial charge in [-0.15, -0.1) is 4.40 Å². The first-order valence-corrected chi connectivity index (χ1v) is 10.5. The number of hydrogen-bond donors (Lipinski definition) is 1. The first-order chi connectivity index (χ1) is 13.0. The zero-order chi connectivity index (χ0) is 19.0. The van der Waals surface area contributed by atoms with Crippen LogP contribution in [0.5, 0.6) is 0 Å². The molecule has 2 aromatic rings. The summed E-state index contributed by atoms with van der Waals surface area (Å²) in [6.45, 7) is 2.65. The van der Waals surface area contributed by atoms with Gasteiger partial charge in [0.25, 0.3) is 15.9 Å². The Bertz CT molecular complexity index is 1040. The van der Waals surface area contributed by atoms with E-state index in [1.165, 1.54) is 6.07 Å². The number of benzene rings is 2. The van der Waals surface area contributed by atoms with Crippen LogP contribution in [0.15, 0.2) is 51.8 Å². The number of nitrogens with one attached hydrogen (secondary N) is 1. The zero-order valence-corrected chi connectivity index (χ0v) is 15.9. The van der Waals surface area contributed by atoms with Crippen molar-refractivity contribution in [2.45, 2.75) is 37.5 Å². The van der Waals surface area contributed by atoms with Gasteiger partial charge in [-0.1, -0.05) is 24.6 Å². The Morgan fingerprint density at radius 3 is 2.74 bits per heavy atom. The Labute approximate surface area is 159 Å². The predicted octanol–water partition coefficient (Wildman–Crippen LogP) is 3.73. The summed E-state index contributed by atoms with van der Waals surface area (Å²) in [5.41, 5.74) is 2.56. The standard InChI is InChI=1S/C20H21N3O3S/c1-14-7-4-5-8-16(14)21-20(24)15-10-11-17-18(13-15)27(25,26)22-19-9-3-2-6-12-23(17)19/h4-5,7-8,10-11,13H,2-3,6,9,12H2,1H3,(H,21,24). The number of nitrogens with zero attached hydrogens (tertiary/aromatic N) is 2. The summed E-state index contributed by atoms with van der Waals surface area (Å²) in [7, 11) is -3.80. The van der Waals surface area contributed by atoms with Gasteiger partial charge in [0.2, 0.25) is 0 Å². The molecule has 0 atom stereocenters. The van der Waals surface area contributed by atoms with E-state index in [1.54, 1.807) is 12.1 Å². The lowest BCUT2D eigenvalue weighted by Gasteiger charge is -2.29. The van der Waals surface area contributed by atoms with Crippen molar-refractivity contribution in [3.63, 3.8) is 0 Å².